The summed E-state index contributed by atoms with van der Waals surface area (Å²) in [6.07, 6.45) is 7.05. The van der Waals surface area contributed by atoms with Gasteiger partial charge in [0.15, 0.2) is 0 Å². The molecule has 1 saturated carbocycles. The molecule has 1 aliphatic heterocycles. The first-order valence-corrected chi connectivity index (χ1v) is 6.29. The quantitative estimate of drug-likeness (QED) is 0.774. The SMILES string of the molecule is C[C@@H](NCC1CCOCO1)C1CCCC1. The van der Waals surface area contributed by atoms with Gasteiger partial charge in [0.05, 0.1) is 12.7 Å². The molecule has 0 amide bonds. The van der Waals surface area contributed by atoms with Gasteiger partial charge in [-0.3, -0.25) is 0 Å². The van der Waals surface area contributed by atoms with E-state index >= 15 is 0 Å². The third-order valence-corrected chi connectivity index (χ3v) is 3.75. The Kier molecular flexibility index (Phi) is 4.42. The Morgan fingerprint density at radius 1 is 1.27 bits per heavy atom. The van der Waals surface area contributed by atoms with Gasteiger partial charge in [0.25, 0.3) is 0 Å². The van der Waals surface area contributed by atoms with Crippen LogP contribution in [0.5, 0.6) is 0 Å². The standard InChI is InChI=1S/C12H23NO2/c1-10(11-4-2-3-5-11)13-8-12-6-7-14-9-15-12/h10-13H,2-9H2,1H3/t10-,12?/m1/s1. The molecular formula is C12H23NO2. The molecule has 2 fully saturated rings. The fourth-order valence-corrected chi connectivity index (χ4v) is 2.60. The van der Waals surface area contributed by atoms with Gasteiger partial charge in [0.1, 0.15) is 6.79 Å². The number of hydrogen-bond acceptors (Lipinski definition) is 3. The van der Waals surface area contributed by atoms with Crippen LogP contribution in [0.25, 0.3) is 0 Å². The van der Waals surface area contributed by atoms with Gasteiger partial charge in [-0.2, -0.15) is 0 Å². The van der Waals surface area contributed by atoms with Crippen molar-refractivity contribution >= 4 is 0 Å². The van der Waals surface area contributed by atoms with Gasteiger partial charge >= 0.3 is 0 Å². The van der Waals surface area contributed by atoms with Crippen molar-refractivity contribution in [3.8, 4) is 0 Å². The second-order valence-corrected chi connectivity index (χ2v) is 4.84. The highest BCUT2D eigenvalue weighted by Gasteiger charge is 2.22. The third kappa shape index (κ3) is 3.44. The first-order valence-electron chi connectivity index (χ1n) is 6.29. The zero-order valence-electron chi connectivity index (χ0n) is 9.71. The summed E-state index contributed by atoms with van der Waals surface area (Å²) in [4.78, 5) is 0. The van der Waals surface area contributed by atoms with E-state index in [4.69, 9.17) is 9.47 Å². The minimum absolute atomic E-state index is 0.364. The Bertz CT molecular complexity index is 174. The maximum Gasteiger partial charge on any atom is 0.147 e. The lowest BCUT2D eigenvalue weighted by Crippen LogP contribution is -2.40. The molecule has 0 spiro atoms. The average molecular weight is 213 g/mol. The predicted molar refractivity (Wildman–Crippen MR) is 59.7 cm³/mol. The lowest BCUT2D eigenvalue weighted by atomic mass is 9.99. The summed E-state index contributed by atoms with van der Waals surface area (Å²) in [5.74, 6) is 0.893. The van der Waals surface area contributed by atoms with Crippen LogP contribution in [-0.4, -0.2) is 32.1 Å². The summed E-state index contributed by atoms with van der Waals surface area (Å²) >= 11 is 0. The summed E-state index contributed by atoms with van der Waals surface area (Å²) in [7, 11) is 0. The number of ether oxygens (including phenoxy) is 2. The van der Waals surface area contributed by atoms with Crippen LogP contribution < -0.4 is 5.32 Å². The molecule has 3 heteroatoms. The predicted octanol–water partition coefficient (Wildman–Crippen LogP) is 1.92. The zero-order valence-corrected chi connectivity index (χ0v) is 9.71. The fraction of sp³-hybridized carbons (Fsp3) is 1.00. The van der Waals surface area contributed by atoms with Crippen molar-refractivity contribution < 1.29 is 9.47 Å². The van der Waals surface area contributed by atoms with Crippen LogP contribution in [0.15, 0.2) is 0 Å². The summed E-state index contributed by atoms with van der Waals surface area (Å²) in [5, 5.41) is 3.61. The topological polar surface area (TPSA) is 30.5 Å². The maximum absolute atomic E-state index is 5.51. The highest BCUT2D eigenvalue weighted by Crippen LogP contribution is 2.27. The molecule has 2 atom stereocenters. The molecule has 0 aromatic rings. The molecule has 1 saturated heterocycles. The van der Waals surface area contributed by atoms with E-state index in [-0.39, 0.29) is 0 Å². The maximum atomic E-state index is 5.51. The molecule has 0 aromatic heterocycles. The first-order chi connectivity index (χ1) is 7.36. The van der Waals surface area contributed by atoms with Crippen molar-refractivity contribution in [2.45, 2.75) is 51.2 Å². The molecule has 1 heterocycles. The average Bonchev–Trinajstić information content (AvgIpc) is 2.81. The van der Waals surface area contributed by atoms with Crippen molar-refractivity contribution in [1.82, 2.24) is 5.32 Å². The van der Waals surface area contributed by atoms with Crippen LogP contribution in [-0.2, 0) is 9.47 Å². The van der Waals surface area contributed by atoms with Gasteiger partial charge in [-0.25, -0.2) is 0 Å². The minimum atomic E-state index is 0.364. The monoisotopic (exact) mass is 213 g/mol. The van der Waals surface area contributed by atoms with Gasteiger partial charge in [-0.1, -0.05) is 12.8 Å². The van der Waals surface area contributed by atoms with E-state index in [9.17, 15) is 0 Å². The third-order valence-electron chi connectivity index (χ3n) is 3.75. The Morgan fingerprint density at radius 3 is 2.73 bits per heavy atom. The van der Waals surface area contributed by atoms with Gasteiger partial charge in [0.2, 0.25) is 0 Å². The molecule has 1 aliphatic carbocycles. The van der Waals surface area contributed by atoms with Crippen LogP contribution in [0.3, 0.4) is 0 Å². The molecule has 3 nitrogen and oxygen atoms in total. The molecule has 2 rings (SSSR count). The number of nitrogens with one attached hydrogen (secondary N) is 1. The second kappa shape index (κ2) is 5.83. The lowest BCUT2D eigenvalue weighted by molar-refractivity contribution is -0.137. The van der Waals surface area contributed by atoms with Crippen molar-refractivity contribution in [3.63, 3.8) is 0 Å². The van der Waals surface area contributed by atoms with Crippen molar-refractivity contribution in [1.29, 1.82) is 0 Å². The molecule has 1 N–H and O–H groups in total. The molecule has 0 aromatic carbocycles. The van der Waals surface area contributed by atoms with Gasteiger partial charge < -0.3 is 14.8 Å². The molecule has 88 valence electrons. The molecule has 0 bridgehead atoms. The normalized spacial score (nSPS) is 30.6. The van der Waals surface area contributed by atoms with Crippen LogP contribution in [0.2, 0.25) is 0 Å². The Morgan fingerprint density at radius 2 is 2.07 bits per heavy atom. The number of rotatable bonds is 4. The van der Waals surface area contributed by atoms with E-state index in [1.807, 2.05) is 0 Å². The van der Waals surface area contributed by atoms with E-state index in [0.717, 1.165) is 25.5 Å². The largest absolute Gasteiger partial charge is 0.355 e. The summed E-state index contributed by atoms with van der Waals surface area (Å²) in [6, 6.07) is 0.652. The van der Waals surface area contributed by atoms with Gasteiger partial charge in [0, 0.05) is 12.6 Å². The van der Waals surface area contributed by atoms with E-state index in [1.165, 1.54) is 25.7 Å². The lowest BCUT2D eigenvalue weighted by Gasteiger charge is -2.26. The highest BCUT2D eigenvalue weighted by molar-refractivity contribution is 4.78. The molecule has 0 radical (unpaired) electrons. The Labute approximate surface area is 92.5 Å². The molecule has 1 unspecified atom stereocenters. The van der Waals surface area contributed by atoms with Crippen molar-refractivity contribution in [2.75, 3.05) is 19.9 Å². The minimum Gasteiger partial charge on any atom is -0.355 e. The Hall–Kier alpha value is -0.120. The zero-order chi connectivity index (χ0) is 10.5. The van der Waals surface area contributed by atoms with Gasteiger partial charge in [-0.05, 0) is 32.1 Å². The highest BCUT2D eigenvalue weighted by atomic mass is 16.7. The van der Waals surface area contributed by atoms with Gasteiger partial charge in [-0.15, -0.1) is 0 Å². The molecule has 2 aliphatic rings. The van der Waals surface area contributed by atoms with Crippen LogP contribution in [0, 0.1) is 5.92 Å². The number of hydrogen-bond donors (Lipinski definition) is 1. The molecule has 15 heavy (non-hydrogen) atoms. The van der Waals surface area contributed by atoms with Crippen LogP contribution in [0.4, 0.5) is 0 Å². The van der Waals surface area contributed by atoms with Crippen molar-refractivity contribution in [2.24, 2.45) is 5.92 Å². The van der Waals surface area contributed by atoms with Crippen molar-refractivity contribution in [3.05, 3.63) is 0 Å². The Balaban J connectivity index is 1.63. The van der Waals surface area contributed by atoms with E-state index in [0.29, 0.717) is 18.9 Å². The van der Waals surface area contributed by atoms with Crippen LogP contribution >= 0.6 is 0 Å². The molecular weight excluding hydrogens is 190 g/mol. The van der Waals surface area contributed by atoms with E-state index in [2.05, 4.69) is 12.2 Å². The fourth-order valence-electron chi connectivity index (χ4n) is 2.60. The summed E-state index contributed by atoms with van der Waals surface area (Å²) < 4.78 is 10.7. The smallest absolute Gasteiger partial charge is 0.147 e. The summed E-state index contributed by atoms with van der Waals surface area (Å²) in [6.45, 7) is 4.63. The summed E-state index contributed by atoms with van der Waals surface area (Å²) in [5.41, 5.74) is 0. The van der Waals surface area contributed by atoms with E-state index in [1.54, 1.807) is 0 Å². The van der Waals surface area contributed by atoms with Crippen LogP contribution in [0.1, 0.15) is 39.0 Å². The van der Waals surface area contributed by atoms with E-state index < -0.39 is 0 Å². The second-order valence-electron chi connectivity index (χ2n) is 4.84. The first kappa shape index (κ1) is 11.4.